The Morgan fingerprint density at radius 3 is 2.69 bits per heavy atom. The Hall–Kier alpha value is -2.50. The van der Waals surface area contributed by atoms with Crippen molar-refractivity contribution >= 4 is 6.09 Å². The van der Waals surface area contributed by atoms with Crippen molar-refractivity contribution in [2.24, 2.45) is 0 Å². The highest BCUT2D eigenvalue weighted by Crippen LogP contribution is 2.38. The molecule has 0 bridgehead atoms. The van der Waals surface area contributed by atoms with E-state index in [4.69, 9.17) is 9.26 Å². The molecule has 2 aromatic rings. The van der Waals surface area contributed by atoms with Crippen molar-refractivity contribution in [3.05, 3.63) is 58.1 Å². The minimum atomic E-state index is -0.298. The second-order valence-electron chi connectivity index (χ2n) is 7.61. The first-order valence-electron chi connectivity index (χ1n) is 8.99. The number of nitrogens with zero attached hydrogens (tertiary/aromatic N) is 1. The Kier molecular flexibility index (Phi) is 5.20. The monoisotopic (exact) mass is 358 g/mol. The molecular formula is C20H26N2O4. The lowest BCUT2D eigenvalue weighted by molar-refractivity contribution is 0.0720. The minimum absolute atomic E-state index is 0.0107. The average Bonchev–Trinajstić information content (AvgIpc) is 3.08. The highest BCUT2D eigenvalue weighted by molar-refractivity contribution is 5.68. The summed E-state index contributed by atoms with van der Waals surface area (Å²) in [6, 6.07) is 11.8. The number of carbonyl (C=O) groups is 1. The molecule has 1 saturated heterocycles. The Labute approximate surface area is 153 Å². The summed E-state index contributed by atoms with van der Waals surface area (Å²) >= 11 is 0. The van der Waals surface area contributed by atoms with E-state index in [2.05, 4.69) is 31.1 Å². The number of rotatable bonds is 4. The van der Waals surface area contributed by atoms with Gasteiger partial charge in [0.1, 0.15) is 5.76 Å². The molecule has 3 rings (SSSR count). The minimum Gasteiger partial charge on any atom is -0.453 e. The number of hydrogen-bond donors (Lipinski definition) is 1. The molecule has 2 heterocycles. The smallest absolute Gasteiger partial charge is 0.409 e. The van der Waals surface area contributed by atoms with Crippen molar-refractivity contribution in [2.45, 2.75) is 50.5 Å². The first kappa shape index (κ1) is 18.3. The Bertz CT molecular complexity index is 793. The molecule has 1 fully saturated rings. The van der Waals surface area contributed by atoms with Crippen molar-refractivity contribution in [1.29, 1.82) is 0 Å². The van der Waals surface area contributed by atoms with Gasteiger partial charge in [-0.25, -0.2) is 4.79 Å². The molecule has 6 nitrogen and oxygen atoms in total. The van der Waals surface area contributed by atoms with E-state index in [0.29, 0.717) is 12.3 Å². The van der Waals surface area contributed by atoms with Crippen LogP contribution in [0.25, 0.3) is 0 Å². The molecule has 26 heavy (non-hydrogen) atoms. The third-order valence-electron chi connectivity index (χ3n) is 5.37. The third kappa shape index (κ3) is 3.84. The summed E-state index contributed by atoms with van der Waals surface area (Å²) in [5.74, 6) is 0.786. The van der Waals surface area contributed by atoms with Gasteiger partial charge in [-0.1, -0.05) is 44.2 Å². The van der Waals surface area contributed by atoms with Gasteiger partial charge in [0.05, 0.1) is 7.11 Å². The van der Waals surface area contributed by atoms with Crippen LogP contribution < -0.4 is 5.56 Å². The van der Waals surface area contributed by atoms with Gasteiger partial charge in [0.25, 0.3) is 5.56 Å². The molecule has 1 N–H and O–H groups in total. The molecule has 0 saturated carbocycles. The number of benzene rings is 1. The number of nitrogens with one attached hydrogen (secondary N) is 1. The molecule has 1 amide bonds. The van der Waals surface area contributed by atoms with Gasteiger partial charge in [-0.2, -0.15) is 5.16 Å². The van der Waals surface area contributed by atoms with Gasteiger partial charge in [0.15, 0.2) is 0 Å². The number of H-pyrrole nitrogens is 1. The van der Waals surface area contributed by atoms with Crippen LogP contribution in [0.5, 0.6) is 0 Å². The summed E-state index contributed by atoms with van der Waals surface area (Å²) in [4.78, 5) is 25.5. The molecule has 6 heteroatoms. The standard InChI is InChI=1S/C20H26N2O4/c1-20(2,15-7-5-4-6-8-15)13-16-11-14(17-12-18(23)21-26-17)9-10-22(16)19(24)25-3/h4-8,12,14,16H,9-11,13H2,1-3H3,(H,21,23)/t14-,16-/m0/s1. The molecule has 1 aliphatic heterocycles. The van der Waals surface area contributed by atoms with Crippen LogP contribution in [0, 0.1) is 0 Å². The van der Waals surface area contributed by atoms with E-state index in [-0.39, 0.29) is 29.0 Å². The lowest BCUT2D eigenvalue weighted by Gasteiger charge is -2.41. The van der Waals surface area contributed by atoms with Crippen LogP contribution in [0.1, 0.15) is 50.4 Å². The maximum atomic E-state index is 12.3. The first-order chi connectivity index (χ1) is 12.4. The van der Waals surface area contributed by atoms with Crippen LogP contribution in [0.3, 0.4) is 0 Å². The highest BCUT2D eigenvalue weighted by Gasteiger charge is 2.37. The van der Waals surface area contributed by atoms with Crippen molar-refractivity contribution in [2.75, 3.05) is 13.7 Å². The van der Waals surface area contributed by atoms with Crippen LogP contribution in [-0.4, -0.2) is 35.8 Å². The predicted octanol–water partition coefficient (Wildman–Crippen LogP) is 3.65. The van der Waals surface area contributed by atoms with Crippen LogP contribution in [-0.2, 0) is 10.2 Å². The van der Waals surface area contributed by atoms with Crippen LogP contribution in [0.4, 0.5) is 4.79 Å². The number of carbonyl (C=O) groups excluding carboxylic acids is 1. The van der Waals surface area contributed by atoms with Gasteiger partial charge in [-0.3, -0.25) is 4.79 Å². The SMILES string of the molecule is COC(=O)N1CC[C@H](c2cc(=O)[nH]o2)C[C@H]1CC(C)(C)c1ccccc1. The second kappa shape index (κ2) is 7.40. The van der Waals surface area contributed by atoms with E-state index < -0.39 is 0 Å². The van der Waals surface area contributed by atoms with Crippen LogP contribution >= 0.6 is 0 Å². The largest absolute Gasteiger partial charge is 0.453 e. The normalized spacial score (nSPS) is 20.8. The summed E-state index contributed by atoms with van der Waals surface area (Å²) in [6.45, 7) is 4.97. The fourth-order valence-corrected chi connectivity index (χ4v) is 3.96. The predicted molar refractivity (Wildman–Crippen MR) is 98.3 cm³/mol. The molecule has 1 aromatic heterocycles. The number of ether oxygens (including phenoxy) is 1. The molecule has 1 aromatic carbocycles. The Balaban J connectivity index is 1.83. The van der Waals surface area contributed by atoms with Gasteiger partial charge in [0.2, 0.25) is 0 Å². The number of amides is 1. The zero-order chi connectivity index (χ0) is 18.7. The Morgan fingerprint density at radius 1 is 1.35 bits per heavy atom. The first-order valence-corrected chi connectivity index (χ1v) is 8.99. The van der Waals surface area contributed by atoms with E-state index in [0.717, 1.165) is 19.3 Å². The van der Waals surface area contributed by atoms with E-state index in [1.165, 1.54) is 18.7 Å². The van der Waals surface area contributed by atoms with Gasteiger partial charge in [-0.05, 0) is 30.2 Å². The number of hydrogen-bond acceptors (Lipinski definition) is 4. The van der Waals surface area contributed by atoms with Crippen LogP contribution in [0.2, 0.25) is 0 Å². The number of aromatic amines is 1. The Morgan fingerprint density at radius 2 is 2.08 bits per heavy atom. The average molecular weight is 358 g/mol. The number of methoxy groups -OCH3 is 1. The molecule has 2 atom stereocenters. The molecule has 0 spiro atoms. The summed E-state index contributed by atoms with van der Waals surface area (Å²) < 4.78 is 10.3. The van der Waals surface area contributed by atoms with Crippen molar-refractivity contribution in [3.8, 4) is 0 Å². The molecular weight excluding hydrogens is 332 g/mol. The summed E-state index contributed by atoms with van der Waals surface area (Å²) in [7, 11) is 1.42. The van der Waals surface area contributed by atoms with Gasteiger partial charge >= 0.3 is 6.09 Å². The second-order valence-corrected chi connectivity index (χ2v) is 7.61. The summed E-state index contributed by atoms with van der Waals surface area (Å²) in [5.41, 5.74) is 0.913. The van der Waals surface area contributed by atoms with Crippen molar-refractivity contribution in [1.82, 2.24) is 10.1 Å². The highest BCUT2D eigenvalue weighted by atomic mass is 16.5. The molecule has 1 aliphatic rings. The van der Waals surface area contributed by atoms with Gasteiger partial charge in [0, 0.05) is 24.6 Å². The fourth-order valence-electron chi connectivity index (χ4n) is 3.96. The lowest BCUT2D eigenvalue weighted by Crippen LogP contribution is -2.48. The lowest BCUT2D eigenvalue weighted by atomic mass is 9.75. The quantitative estimate of drug-likeness (QED) is 0.905. The topological polar surface area (TPSA) is 75.5 Å². The van der Waals surface area contributed by atoms with E-state index in [9.17, 15) is 9.59 Å². The van der Waals surface area contributed by atoms with Gasteiger partial charge < -0.3 is 14.2 Å². The molecule has 0 radical (unpaired) electrons. The van der Waals surface area contributed by atoms with Crippen molar-refractivity contribution < 1.29 is 14.1 Å². The van der Waals surface area contributed by atoms with E-state index >= 15 is 0 Å². The molecule has 0 aliphatic carbocycles. The zero-order valence-corrected chi connectivity index (χ0v) is 15.5. The van der Waals surface area contributed by atoms with Gasteiger partial charge in [-0.15, -0.1) is 0 Å². The fraction of sp³-hybridized carbons (Fsp3) is 0.500. The summed E-state index contributed by atoms with van der Waals surface area (Å²) in [5, 5.41) is 2.36. The molecule has 140 valence electrons. The van der Waals surface area contributed by atoms with Crippen molar-refractivity contribution in [3.63, 3.8) is 0 Å². The number of aromatic nitrogens is 1. The van der Waals surface area contributed by atoms with E-state index in [1.807, 2.05) is 23.1 Å². The van der Waals surface area contributed by atoms with E-state index in [1.54, 1.807) is 0 Å². The molecule has 0 unspecified atom stereocenters. The number of likely N-dealkylation sites (tertiary alicyclic amines) is 1. The third-order valence-corrected chi connectivity index (χ3v) is 5.37. The summed E-state index contributed by atoms with van der Waals surface area (Å²) in [6.07, 6.45) is 1.99. The zero-order valence-electron chi connectivity index (χ0n) is 15.5. The number of piperidine rings is 1. The maximum Gasteiger partial charge on any atom is 0.409 e. The van der Waals surface area contributed by atoms with Crippen LogP contribution in [0.15, 0.2) is 45.7 Å². The maximum absolute atomic E-state index is 12.3.